The van der Waals surface area contributed by atoms with Crippen LogP contribution >= 0.6 is 12.6 Å². The molecule has 0 radical (unpaired) electrons. The molecule has 0 fully saturated rings. The van der Waals surface area contributed by atoms with Gasteiger partial charge in [-0.05, 0) is 12.5 Å². The fourth-order valence-corrected chi connectivity index (χ4v) is 1.20. The topological polar surface area (TPSA) is 20.2 Å². The SMILES string of the molecule is CC(O)(CS)Cc1ccccc1. The summed E-state index contributed by atoms with van der Waals surface area (Å²) in [6.07, 6.45) is 0.664. The minimum absolute atomic E-state index is 0.488. The Balaban J connectivity index is 2.64. The minimum atomic E-state index is -0.690. The summed E-state index contributed by atoms with van der Waals surface area (Å²) < 4.78 is 0. The molecule has 1 rings (SSSR count). The maximum atomic E-state index is 9.70. The molecule has 1 aromatic carbocycles. The smallest absolute Gasteiger partial charge is 0.0747 e. The molecule has 0 aliphatic carbocycles. The average Bonchev–Trinajstić information content (AvgIpc) is 2.06. The van der Waals surface area contributed by atoms with E-state index in [1.54, 1.807) is 6.92 Å². The van der Waals surface area contributed by atoms with Gasteiger partial charge in [-0.15, -0.1) is 0 Å². The summed E-state index contributed by atoms with van der Waals surface area (Å²) in [7, 11) is 0. The van der Waals surface area contributed by atoms with Crippen LogP contribution in [0, 0.1) is 0 Å². The molecule has 1 atom stereocenters. The van der Waals surface area contributed by atoms with E-state index >= 15 is 0 Å². The number of thiol groups is 1. The molecule has 0 heterocycles. The Kier molecular flexibility index (Phi) is 3.18. The normalized spacial score (nSPS) is 15.6. The van der Waals surface area contributed by atoms with E-state index in [-0.39, 0.29) is 0 Å². The van der Waals surface area contributed by atoms with Gasteiger partial charge in [0.1, 0.15) is 0 Å². The standard InChI is InChI=1S/C10H14OS/c1-10(11,8-12)7-9-5-3-2-4-6-9/h2-6,11-12H,7-8H2,1H3. The molecule has 0 aromatic heterocycles. The number of aliphatic hydroxyl groups is 1. The largest absolute Gasteiger partial charge is 0.389 e. The first-order valence-corrected chi connectivity index (χ1v) is 4.64. The number of rotatable bonds is 3. The van der Waals surface area contributed by atoms with Crippen molar-refractivity contribution in [2.45, 2.75) is 18.9 Å². The van der Waals surface area contributed by atoms with Gasteiger partial charge in [-0.1, -0.05) is 30.3 Å². The fraction of sp³-hybridized carbons (Fsp3) is 0.400. The molecular formula is C10H14OS. The molecule has 1 aromatic rings. The molecule has 12 heavy (non-hydrogen) atoms. The van der Waals surface area contributed by atoms with Crippen molar-refractivity contribution < 1.29 is 5.11 Å². The molecule has 66 valence electrons. The summed E-state index contributed by atoms with van der Waals surface area (Å²) >= 11 is 4.08. The Morgan fingerprint density at radius 1 is 1.33 bits per heavy atom. The van der Waals surface area contributed by atoms with Crippen molar-refractivity contribution in [3.8, 4) is 0 Å². The van der Waals surface area contributed by atoms with E-state index in [0.29, 0.717) is 12.2 Å². The fourth-order valence-electron chi connectivity index (χ4n) is 1.09. The Morgan fingerprint density at radius 2 is 1.92 bits per heavy atom. The lowest BCUT2D eigenvalue weighted by Crippen LogP contribution is -2.29. The monoisotopic (exact) mass is 182 g/mol. The highest BCUT2D eigenvalue weighted by atomic mass is 32.1. The van der Waals surface area contributed by atoms with Crippen LogP contribution in [0.5, 0.6) is 0 Å². The predicted octanol–water partition coefficient (Wildman–Crippen LogP) is 1.91. The van der Waals surface area contributed by atoms with Crippen molar-refractivity contribution in [1.29, 1.82) is 0 Å². The second-order valence-electron chi connectivity index (χ2n) is 3.32. The van der Waals surface area contributed by atoms with Crippen molar-refractivity contribution in [1.82, 2.24) is 0 Å². The third-order valence-electron chi connectivity index (χ3n) is 1.77. The highest BCUT2D eigenvalue weighted by Gasteiger charge is 2.17. The van der Waals surface area contributed by atoms with Crippen molar-refractivity contribution in [3.05, 3.63) is 35.9 Å². The second kappa shape index (κ2) is 3.97. The number of hydrogen-bond donors (Lipinski definition) is 2. The van der Waals surface area contributed by atoms with Gasteiger partial charge in [-0.3, -0.25) is 0 Å². The van der Waals surface area contributed by atoms with E-state index in [9.17, 15) is 5.11 Å². The van der Waals surface area contributed by atoms with Gasteiger partial charge in [0.05, 0.1) is 5.60 Å². The van der Waals surface area contributed by atoms with Gasteiger partial charge in [0.15, 0.2) is 0 Å². The summed E-state index contributed by atoms with van der Waals surface area (Å²) in [4.78, 5) is 0. The van der Waals surface area contributed by atoms with Crippen LogP contribution in [0.3, 0.4) is 0 Å². The molecule has 0 amide bonds. The molecular weight excluding hydrogens is 168 g/mol. The van der Waals surface area contributed by atoms with Crippen molar-refractivity contribution in [2.75, 3.05) is 5.75 Å². The van der Waals surface area contributed by atoms with E-state index in [0.717, 1.165) is 5.56 Å². The van der Waals surface area contributed by atoms with Gasteiger partial charge in [-0.25, -0.2) is 0 Å². The van der Waals surface area contributed by atoms with Crippen LogP contribution in [-0.2, 0) is 6.42 Å². The molecule has 2 heteroatoms. The summed E-state index contributed by atoms with van der Waals surface area (Å²) in [6, 6.07) is 9.95. The average molecular weight is 182 g/mol. The maximum absolute atomic E-state index is 9.70. The molecule has 0 aliphatic rings. The van der Waals surface area contributed by atoms with Crippen LogP contribution in [0.25, 0.3) is 0 Å². The lowest BCUT2D eigenvalue weighted by molar-refractivity contribution is 0.0865. The zero-order valence-electron chi connectivity index (χ0n) is 7.20. The molecule has 0 bridgehead atoms. The van der Waals surface area contributed by atoms with Crippen LogP contribution in [0.15, 0.2) is 30.3 Å². The van der Waals surface area contributed by atoms with E-state index in [1.165, 1.54) is 0 Å². The Labute approximate surface area is 78.8 Å². The minimum Gasteiger partial charge on any atom is -0.389 e. The van der Waals surface area contributed by atoms with Crippen LogP contribution < -0.4 is 0 Å². The van der Waals surface area contributed by atoms with Crippen molar-refractivity contribution >= 4 is 12.6 Å². The Morgan fingerprint density at radius 3 is 2.42 bits per heavy atom. The molecule has 0 spiro atoms. The molecule has 0 saturated carbocycles. The Hall–Kier alpha value is -0.470. The quantitative estimate of drug-likeness (QED) is 0.684. The Bertz CT molecular complexity index is 231. The van der Waals surface area contributed by atoms with Gasteiger partial charge >= 0.3 is 0 Å². The molecule has 1 unspecified atom stereocenters. The molecule has 1 nitrogen and oxygen atoms in total. The highest BCUT2D eigenvalue weighted by molar-refractivity contribution is 7.80. The zero-order chi connectivity index (χ0) is 9.03. The first kappa shape index (κ1) is 9.62. The van der Waals surface area contributed by atoms with Crippen molar-refractivity contribution in [2.24, 2.45) is 0 Å². The van der Waals surface area contributed by atoms with Crippen LogP contribution in [0.4, 0.5) is 0 Å². The summed E-state index contributed by atoms with van der Waals surface area (Å²) in [5, 5.41) is 9.70. The lowest BCUT2D eigenvalue weighted by atomic mass is 9.99. The van der Waals surface area contributed by atoms with E-state index < -0.39 is 5.60 Å². The highest BCUT2D eigenvalue weighted by Crippen LogP contribution is 2.13. The number of benzene rings is 1. The van der Waals surface area contributed by atoms with Gasteiger partial charge < -0.3 is 5.11 Å². The van der Waals surface area contributed by atoms with Crippen LogP contribution in [-0.4, -0.2) is 16.5 Å². The van der Waals surface area contributed by atoms with E-state index in [1.807, 2.05) is 30.3 Å². The van der Waals surface area contributed by atoms with Crippen LogP contribution in [0.2, 0.25) is 0 Å². The van der Waals surface area contributed by atoms with Gasteiger partial charge in [0.25, 0.3) is 0 Å². The predicted molar refractivity (Wildman–Crippen MR) is 54.6 cm³/mol. The third-order valence-corrected chi connectivity index (χ3v) is 2.45. The van der Waals surface area contributed by atoms with Gasteiger partial charge in [0.2, 0.25) is 0 Å². The molecule has 0 aliphatic heterocycles. The third kappa shape index (κ3) is 2.88. The lowest BCUT2D eigenvalue weighted by Gasteiger charge is -2.20. The number of hydrogen-bond acceptors (Lipinski definition) is 2. The van der Waals surface area contributed by atoms with Gasteiger partial charge in [-0.2, -0.15) is 12.6 Å². The van der Waals surface area contributed by atoms with Crippen molar-refractivity contribution in [3.63, 3.8) is 0 Å². The molecule has 1 N–H and O–H groups in total. The first-order valence-electron chi connectivity index (χ1n) is 4.01. The van der Waals surface area contributed by atoms with Crippen LogP contribution in [0.1, 0.15) is 12.5 Å². The molecule has 0 saturated heterocycles. The van der Waals surface area contributed by atoms with E-state index in [2.05, 4.69) is 12.6 Å². The summed E-state index contributed by atoms with van der Waals surface area (Å²) in [5.41, 5.74) is 0.460. The summed E-state index contributed by atoms with van der Waals surface area (Å²) in [6.45, 7) is 1.80. The van der Waals surface area contributed by atoms with E-state index in [4.69, 9.17) is 0 Å². The first-order chi connectivity index (χ1) is 5.64. The second-order valence-corrected chi connectivity index (χ2v) is 3.63. The van der Waals surface area contributed by atoms with Gasteiger partial charge in [0, 0.05) is 12.2 Å². The maximum Gasteiger partial charge on any atom is 0.0747 e. The summed E-state index contributed by atoms with van der Waals surface area (Å²) in [5.74, 6) is 0.488. The zero-order valence-corrected chi connectivity index (χ0v) is 8.09.